The first-order chi connectivity index (χ1) is 9.20. The van der Waals surface area contributed by atoms with Crippen molar-refractivity contribution < 1.29 is 9.90 Å². The average molecular weight is 261 g/mol. The minimum Gasteiger partial charge on any atom is -0.480 e. The summed E-state index contributed by atoms with van der Waals surface area (Å²) >= 11 is 0. The highest BCUT2D eigenvalue weighted by molar-refractivity contribution is 5.75. The second-order valence-corrected chi connectivity index (χ2v) is 5.37. The molecule has 1 unspecified atom stereocenters. The standard InChI is InChI=1S/C16H23NO2/c1-2-12-8-10-13(11-9-12)15(16(18)19)17-14-6-4-3-5-7-14/h8-11,14-15,17H,2-7H2,1H3,(H,18,19). The molecule has 0 aromatic heterocycles. The monoisotopic (exact) mass is 261 g/mol. The highest BCUT2D eigenvalue weighted by atomic mass is 16.4. The van der Waals surface area contributed by atoms with E-state index in [4.69, 9.17) is 0 Å². The highest BCUT2D eigenvalue weighted by Crippen LogP contribution is 2.22. The Hall–Kier alpha value is -1.35. The van der Waals surface area contributed by atoms with E-state index in [-0.39, 0.29) is 0 Å². The van der Waals surface area contributed by atoms with Gasteiger partial charge < -0.3 is 5.11 Å². The summed E-state index contributed by atoms with van der Waals surface area (Å²) in [6, 6.07) is 7.69. The zero-order chi connectivity index (χ0) is 13.7. The van der Waals surface area contributed by atoms with E-state index >= 15 is 0 Å². The van der Waals surface area contributed by atoms with Crippen LogP contribution < -0.4 is 5.32 Å². The van der Waals surface area contributed by atoms with Gasteiger partial charge in [-0.2, -0.15) is 0 Å². The Bertz CT molecular complexity index is 407. The molecule has 0 aliphatic heterocycles. The van der Waals surface area contributed by atoms with Crippen molar-refractivity contribution in [2.75, 3.05) is 0 Å². The van der Waals surface area contributed by atoms with Gasteiger partial charge in [0.25, 0.3) is 0 Å². The molecule has 2 rings (SSSR count). The first kappa shape index (κ1) is 14.1. The topological polar surface area (TPSA) is 49.3 Å². The summed E-state index contributed by atoms with van der Waals surface area (Å²) < 4.78 is 0. The maximum Gasteiger partial charge on any atom is 0.325 e. The van der Waals surface area contributed by atoms with Gasteiger partial charge in [-0.1, -0.05) is 50.5 Å². The molecule has 0 heterocycles. The second-order valence-electron chi connectivity index (χ2n) is 5.37. The molecular weight excluding hydrogens is 238 g/mol. The van der Waals surface area contributed by atoms with E-state index in [1.54, 1.807) is 0 Å². The molecule has 19 heavy (non-hydrogen) atoms. The molecule has 1 aliphatic rings. The number of benzene rings is 1. The van der Waals surface area contributed by atoms with Crippen molar-refractivity contribution in [3.05, 3.63) is 35.4 Å². The van der Waals surface area contributed by atoms with Crippen LogP contribution in [0.1, 0.15) is 56.2 Å². The average Bonchev–Trinajstić information content (AvgIpc) is 2.46. The van der Waals surface area contributed by atoms with Crippen LogP contribution in [0.15, 0.2) is 24.3 Å². The van der Waals surface area contributed by atoms with Crippen LogP contribution in [-0.4, -0.2) is 17.1 Å². The summed E-state index contributed by atoms with van der Waals surface area (Å²) in [5.41, 5.74) is 2.10. The van der Waals surface area contributed by atoms with Gasteiger partial charge in [0.15, 0.2) is 0 Å². The first-order valence-corrected chi connectivity index (χ1v) is 7.28. The molecule has 1 aromatic carbocycles. The Morgan fingerprint density at radius 2 is 1.89 bits per heavy atom. The molecule has 2 N–H and O–H groups in total. The summed E-state index contributed by atoms with van der Waals surface area (Å²) in [6.07, 6.45) is 6.86. The Kier molecular flexibility index (Phi) is 4.97. The molecule has 104 valence electrons. The SMILES string of the molecule is CCc1ccc(C(NC2CCCCC2)C(=O)O)cc1. The van der Waals surface area contributed by atoms with Crippen LogP contribution in [-0.2, 0) is 11.2 Å². The zero-order valence-corrected chi connectivity index (χ0v) is 11.6. The molecule has 1 atom stereocenters. The van der Waals surface area contributed by atoms with E-state index in [1.807, 2.05) is 24.3 Å². The van der Waals surface area contributed by atoms with Crippen molar-refractivity contribution in [1.29, 1.82) is 0 Å². The van der Waals surface area contributed by atoms with Gasteiger partial charge in [-0.05, 0) is 30.4 Å². The van der Waals surface area contributed by atoms with Crippen LogP contribution in [0.3, 0.4) is 0 Å². The van der Waals surface area contributed by atoms with E-state index in [0.29, 0.717) is 6.04 Å². The Morgan fingerprint density at radius 3 is 2.42 bits per heavy atom. The van der Waals surface area contributed by atoms with Crippen LogP contribution in [0.2, 0.25) is 0 Å². The summed E-state index contributed by atoms with van der Waals surface area (Å²) in [4.78, 5) is 11.5. The van der Waals surface area contributed by atoms with Gasteiger partial charge in [0, 0.05) is 6.04 Å². The van der Waals surface area contributed by atoms with Crippen molar-refractivity contribution in [1.82, 2.24) is 5.32 Å². The molecule has 3 heteroatoms. The van der Waals surface area contributed by atoms with Crippen molar-refractivity contribution in [3.63, 3.8) is 0 Å². The fraction of sp³-hybridized carbons (Fsp3) is 0.562. The third-order valence-corrected chi connectivity index (χ3v) is 3.98. The Morgan fingerprint density at radius 1 is 1.26 bits per heavy atom. The minimum absolute atomic E-state index is 0.348. The summed E-state index contributed by atoms with van der Waals surface area (Å²) in [6.45, 7) is 2.10. The molecule has 3 nitrogen and oxygen atoms in total. The number of hydrogen-bond acceptors (Lipinski definition) is 2. The highest BCUT2D eigenvalue weighted by Gasteiger charge is 2.24. The molecule has 1 aliphatic carbocycles. The minimum atomic E-state index is -0.783. The fourth-order valence-corrected chi connectivity index (χ4v) is 2.76. The summed E-state index contributed by atoms with van der Waals surface area (Å²) in [5, 5.41) is 12.7. The first-order valence-electron chi connectivity index (χ1n) is 7.28. The van der Waals surface area contributed by atoms with E-state index in [1.165, 1.54) is 24.8 Å². The molecule has 0 amide bonds. The number of carboxylic acid groups (broad SMARTS) is 1. The molecule has 0 radical (unpaired) electrons. The molecule has 0 bridgehead atoms. The molecule has 1 fully saturated rings. The third kappa shape index (κ3) is 3.80. The molecule has 1 aromatic rings. The number of aryl methyl sites for hydroxylation is 1. The van der Waals surface area contributed by atoms with Crippen molar-refractivity contribution >= 4 is 5.97 Å². The zero-order valence-electron chi connectivity index (χ0n) is 11.6. The van der Waals surface area contributed by atoms with Crippen molar-refractivity contribution in [2.45, 2.75) is 57.5 Å². The van der Waals surface area contributed by atoms with Crippen LogP contribution >= 0.6 is 0 Å². The van der Waals surface area contributed by atoms with Crippen LogP contribution in [0.25, 0.3) is 0 Å². The number of carboxylic acids is 1. The van der Waals surface area contributed by atoms with Gasteiger partial charge in [0.1, 0.15) is 6.04 Å². The smallest absolute Gasteiger partial charge is 0.325 e. The van der Waals surface area contributed by atoms with Crippen LogP contribution in [0.5, 0.6) is 0 Å². The molecule has 1 saturated carbocycles. The van der Waals surface area contributed by atoms with Gasteiger partial charge in [-0.15, -0.1) is 0 Å². The van der Waals surface area contributed by atoms with E-state index in [0.717, 1.165) is 24.8 Å². The van der Waals surface area contributed by atoms with Gasteiger partial charge in [0.05, 0.1) is 0 Å². The van der Waals surface area contributed by atoms with Crippen LogP contribution in [0, 0.1) is 0 Å². The summed E-state index contributed by atoms with van der Waals surface area (Å²) in [5.74, 6) is -0.783. The van der Waals surface area contributed by atoms with Crippen molar-refractivity contribution in [3.8, 4) is 0 Å². The Balaban J connectivity index is 2.07. The number of aliphatic carboxylic acids is 1. The number of nitrogens with one attached hydrogen (secondary N) is 1. The van der Waals surface area contributed by atoms with Gasteiger partial charge in [-0.3, -0.25) is 10.1 Å². The maximum absolute atomic E-state index is 11.5. The van der Waals surface area contributed by atoms with E-state index in [2.05, 4.69) is 12.2 Å². The predicted molar refractivity (Wildman–Crippen MR) is 76.2 cm³/mol. The lowest BCUT2D eigenvalue weighted by Crippen LogP contribution is -2.38. The number of hydrogen-bond donors (Lipinski definition) is 2. The third-order valence-electron chi connectivity index (χ3n) is 3.98. The lowest BCUT2D eigenvalue weighted by molar-refractivity contribution is -0.140. The predicted octanol–water partition coefficient (Wildman–Crippen LogP) is 3.30. The van der Waals surface area contributed by atoms with Gasteiger partial charge in [0.2, 0.25) is 0 Å². The molecule has 0 spiro atoms. The molecular formula is C16H23NO2. The van der Waals surface area contributed by atoms with E-state index < -0.39 is 12.0 Å². The quantitative estimate of drug-likeness (QED) is 0.855. The van der Waals surface area contributed by atoms with Crippen LogP contribution in [0.4, 0.5) is 0 Å². The van der Waals surface area contributed by atoms with Gasteiger partial charge in [-0.25, -0.2) is 0 Å². The summed E-state index contributed by atoms with van der Waals surface area (Å²) in [7, 11) is 0. The van der Waals surface area contributed by atoms with Crippen molar-refractivity contribution in [2.24, 2.45) is 0 Å². The normalized spacial score (nSPS) is 18.2. The largest absolute Gasteiger partial charge is 0.480 e. The second kappa shape index (κ2) is 6.71. The fourth-order valence-electron chi connectivity index (χ4n) is 2.76. The lowest BCUT2D eigenvalue weighted by atomic mass is 9.94. The molecule has 0 saturated heterocycles. The maximum atomic E-state index is 11.5. The lowest BCUT2D eigenvalue weighted by Gasteiger charge is -2.26. The Labute approximate surface area is 115 Å². The number of rotatable bonds is 5. The van der Waals surface area contributed by atoms with E-state index in [9.17, 15) is 9.90 Å². The number of carbonyl (C=O) groups is 1. The van der Waals surface area contributed by atoms with Gasteiger partial charge >= 0.3 is 5.97 Å².